The van der Waals surface area contributed by atoms with Crippen LogP contribution in [-0.4, -0.2) is 99.1 Å². The third kappa shape index (κ3) is 36.2. The molecular weight excluding hydrogens is 705 g/mol. The number of hydrogen-bond donors (Lipinski definition) is 2. The van der Waals surface area contributed by atoms with Crippen LogP contribution in [0.5, 0.6) is 0 Å². The van der Waals surface area contributed by atoms with Gasteiger partial charge in [0.2, 0.25) is 23.6 Å². The first kappa shape index (κ1) is 53.8. The Balaban J connectivity index is 4.16. The molecule has 0 fully saturated rings. The van der Waals surface area contributed by atoms with E-state index in [4.69, 9.17) is 9.47 Å². The summed E-state index contributed by atoms with van der Waals surface area (Å²) in [5.41, 5.74) is 0. The summed E-state index contributed by atoms with van der Waals surface area (Å²) in [6, 6.07) is 0. The molecule has 0 atom stereocenters. The van der Waals surface area contributed by atoms with E-state index < -0.39 is 0 Å². The van der Waals surface area contributed by atoms with Gasteiger partial charge < -0.3 is 29.9 Å². The van der Waals surface area contributed by atoms with Gasteiger partial charge in [0, 0.05) is 39.3 Å². The van der Waals surface area contributed by atoms with Gasteiger partial charge in [0.05, 0.1) is 0 Å². The van der Waals surface area contributed by atoms with Gasteiger partial charge >= 0.3 is 0 Å². The number of unbranched alkanes of at least 4 members (excludes halogenated alkanes) is 23. The number of rotatable bonds is 43. The Labute approximate surface area is 345 Å². The van der Waals surface area contributed by atoms with Crippen LogP contribution in [0.25, 0.3) is 0 Å². The minimum atomic E-state index is -0.199. The molecule has 0 aromatic heterocycles. The molecule has 0 heterocycles. The highest BCUT2D eigenvalue weighted by molar-refractivity contribution is 5.80. The number of ether oxygens (including phenoxy) is 2. The molecule has 0 saturated heterocycles. The van der Waals surface area contributed by atoms with E-state index in [1.165, 1.54) is 103 Å². The summed E-state index contributed by atoms with van der Waals surface area (Å²) in [4.78, 5) is 54.4. The minimum Gasteiger partial charge on any atom is -0.362 e. The molecular formula is C46H90N4O6. The van der Waals surface area contributed by atoms with Crippen LogP contribution in [0.4, 0.5) is 0 Å². The van der Waals surface area contributed by atoms with Crippen molar-refractivity contribution in [1.82, 2.24) is 20.4 Å². The number of nitrogens with zero attached hydrogens (tertiary/aromatic N) is 2. The van der Waals surface area contributed by atoms with Crippen LogP contribution in [0.3, 0.4) is 0 Å². The minimum absolute atomic E-state index is 0.0173. The zero-order chi connectivity index (χ0) is 41.2. The molecule has 10 heteroatoms. The molecule has 56 heavy (non-hydrogen) atoms. The molecule has 0 radical (unpaired) electrons. The van der Waals surface area contributed by atoms with Gasteiger partial charge in [-0.25, -0.2) is 0 Å². The first-order valence-electron chi connectivity index (χ1n) is 23.6. The number of nitrogens with one attached hydrogen (secondary N) is 2. The van der Waals surface area contributed by atoms with Gasteiger partial charge in [-0.05, 0) is 38.5 Å². The van der Waals surface area contributed by atoms with Gasteiger partial charge in [-0.2, -0.15) is 0 Å². The van der Waals surface area contributed by atoms with Crippen LogP contribution in [0.15, 0.2) is 0 Å². The smallest absolute Gasteiger partial charge is 0.248 e. The van der Waals surface area contributed by atoms with E-state index in [-0.39, 0.29) is 50.1 Å². The highest BCUT2D eigenvalue weighted by Crippen LogP contribution is 2.11. The lowest BCUT2D eigenvalue weighted by atomic mass is 10.1. The summed E-state index contributed by atoms with van der Waals surface area (Å²) < 4.78 is 11.1. The van der Waals surface area contributed by atoms with E-state index in [1.807, 2.05) is 9.80 Å². The van der Waals surface area contributed by atoms with Gasteiger partial charge in [-0.1, -0.05) is 169 Å². The van der Waals surface area contributed by atoms with E-state index >= 15 is 0 Å². The number of amides is 4. The van der Waals surface area contributed by atoms with Crippen LogP contribution in [0, 0.1) is 0 Å². The van der Waals surface area contributed by atoms with Crippen LogP contribution in [-0.2, 0) is 28.7 Å². The second kappa shape index (κ2) is 42.4. The van der Waals surface area contributed by atoms with E-state index in [9.17, 15) is 19.2 Å². The molecule has 0 saturated carbocycles. The molecule has 0 spiro atoms. The molecule has 0 aliphatic rings. The molecule has 0 rings (SSSR count). The van der Waals surface area contributed by atoms with Crippen molar-refractivity contribution >= 4 is 23.6 Å². The Bertz CT molecular complexity index is 816. The average molecular weight is 795 g/mol. The fourth-order valence-corrected chi connectivity index (χ4v) is 6.86. The van der Waals surface area contributed by atoms with Crippen LogP contribution < -0.4 is 10.6 Å². The summed E-state index contributed by atoms with van der Waals surface area (Å²) in [6.07, 6.45) is 32.1. The topological polar surface area (TPSA) is 117 Å². The predicted molar refractivity (Wildman–Crippen MR) is 233 cm³/mol. The fourth-order valence-electron chi connectivity index (χ4n) is 6.86. The molecule has 0 bridgehead atoms. The van der Waals surface area contributed by atoms with Crippen molar-refractivity contribution in [2.75, 3.05) is 65.7 Å². The van der Waals surface area contributed by atoms with Crippen molar-refractivity contribution in [3.63, 3.8) is 0 Å². The lowest BCUT2D eigenvalue weighted by molar-refractivity contribution is -0.139. The number of carbonyl (C=O) groups is 4. The molecule has 0 unspecified atom stereocenters. The molecule has 2 N–H and O–H groups in total. The predicted octanol–water partition coefficient (Wildman–Crippen LogP) is 9.91. The third-order valence-electron chi connectivity index (χ3n) is 10.5. The molecule has 330 valence electrons. The van der Waals surface area contributed by atoms with Gasteiger partial charge in [0.25, 0.3) is 0 Å². The van der Waals surface area contributed by atoms with E-state index in [0.29, 0.717) is 13.1 Å². The Morgan fingerprint density at radius 1 is 0.339 bits per heavy atom. The lowest BCUT2D eigenvalue weighted by Crippen LogP contribution is -2.37. The normalized spacial score (nSPS) is 11.1. The molecule has 10 nitrogen and oxygen atoms in total. The second-order valence-electron chi connectivity index (χ2n) is 15.9. The monoisotopic (exact) mass is 795 g/mol. The van der Waals surface area contributed by atoms with Crippen molar-refractivity contribution in [3.8, 4) is 0 Å². The Kier molecular flexibility index (Phi) is 40.7. The summed E-state index contributed by atoms with van der Waals surface area (Å²) >= 11 is 0. The number of hydrogen-bond acceptors (Lipinski definition) is 6. The molecule has 0 aliphatic heterocycles. The van der Waals surface area contributed by atoms with Crippen LogP contribution >= 0.6 is 0 Å². The highest BCUT2D eigenvalue weighted by atomic mass is 16.5. The van der Waals surface area contributed by atoms with Crippen LogP contribution in [0.1, 0.15) is 207 Å². The maximum absolute atomic E-state index is 12.9. The van der Waals surface area contributed by atoms with Gasteiger partial charge in [0.1, 0.15) is 26.4 Å². The second-order valence-corrected chi connectivity index (χ2v) is 15.9. The van der Waals surface area contributed by atoms with Crippen molar-refractivity contribution in [1.29, 1.82) is 0 Å². The quantitative estimate of drug-likeness (QED) is 0.0594. The average Bonchev–Trinajstić information content (AvgIpc) is 3.19. The van der Waals surface area contributed by atoms with E-state index in [2.05, 4.69) is 38.3 Å². The first-order chi connectivity index (χ1) is 27.4. The van der Waals surface area contributed by atoms with Gasteiger partial charge in [-0.3, -0.25) is 19.2 Å². The molecule has 0 aliphatic carbocycles. The van der Waals surface area contributed by atoms with Crippen molar-refractivity contribution in [2.45, 2.75) is 207 Å². The summed E-state index contributed by atoms with van der Waals surface area (Å²) in [5.74, 6) is -0.433. The zero-order valence-electron chi connectivity index (χ0n) is 37.2. The Morgan fingerprint density at radius 2 is 0.589 bits per heavy atom. The van der Waals surface area contributed by atoms with E-state index in [0.717, 1.165) is 103 Å². The molecule has 4 amide bonds. The first-order valence-corrected chi connectivity index (χ1v) is 23.6. The van der Waals surface area contributed by atoms with E-state index in [1.54, 1.807) is 0 Å². The Hall–Kier alpha value is -2.20. The summed E-state index contributed by atoms with van der Waals surface area (Å²) in [5, 5.41) is 5.78. The maximum Gasteiger partial charge on any atom is 0.248 e. The standard InChI is InChI=1S/C46H90N4O6/c1-5-9-13-17-23-29-35-49(36-30-24-18-14-10-6-2)45(53)41-55-39-43(51)47-33-27-21-22-28-34-48-44(52)40-56-42-46(54)50(37-31-25-19-15-11-7-3)38-32-26-20-16-12-8-4/h5-42H2,1-4H3,(H,47,51)(H,48,52). The molecule has 0 aromatic rings. The SMILES string of the molecule is CCCCCCCCN(CCCCCCCC)C(=O)COCC(=O)NCCCCCCNC(=O)COCC(=O)N(CCCCCCCC)CCCCCCCC. The lowest BCUT2D eigenvalue weighted by Gasteiger charge is -2.23. The molecule has 0 aromatic carbocycles. The summed E-state index contributed by atoms with van der Waals surface area (Å²) in [7, 11) is 0. The van der Waals surface area contributed by atoms with Gasteiger partial charge in [-0.15, -0.1) is 0 Å². The van der Waals surface area contributed by atoms with Crippen molar-refractivity contribution < 1.29 is 28.7 Å². The van der Waals surface area contributed by atoms with Crippen LogP contribution in [0.2, 0.25) is 0 Å². The fraction of sp³-hybridized carbons (Fsp3) is 0.913. The highest BCUT2D eigenvalue weighted by Gasteiger charge is 2.15. The maximum atomic E-state index is 12.9. The van der Waals surface area contributed by atoms with Gasteiger partial charge in [0.15, 0.2) is 0 Å². The third-order valence-corrected chi connectivity index (χ3v) is 10.5. The number of carbonyl (C=O) groups excluding carboxylic acids is 4. The zero-order valence-corrected chi connectivity index (χ0v) is 37.2. The van der Waals surface area contributed by atoms with Crippen molar-refractivity contribution in [2.24, 2.45) is 0 Å². The Morgan fingerprint density at radius 3 is 0.875 bits per heavy atom. The van der Waals surface area contributed by atoms with Crippen molar-refractivity contribution in [3.05, 3.63) is 0 Å². The summed E-state index contributed by atoms with van der Waals surface area (Å²) in [6.45, 7) is 12.8. The largest absolute Gasteiger partial charge is 0.362 e.